The Morgan fingerprint density at radius 1 is 1.09 bits per heavy atom. The van der Waals surface area contributed by atoms with Crippen LogP contribution in [-0.4, -0.2) is 16.0 Å². The van der Waals surface area contributed by atoms with Gasteiger partial charge < -0.3 is 15.1 Å². The van der Waals surface area contributed by atoms with Gasteiger partial charge in [-0.1, -0.05) is 49.7 Å². The molecule has 7 heteroatoms. The Balaban J connectivity index is 1.43. The van der Waals surface area contributed by atoms with Crippen LogP contribution in [0.25, 0.3) is 22.6 Å². The van der Waals surface area contributed by atoms with Crippen molar-refractivity contribution in [2.45, 2.75) is 26.2 Å². The van der Waals surface area contributed by atoms with Gasteiger partial charge in [0.05, 0.1) is 6.42 Å². The highest BCUT2D eigenvalue weighted by molar-refractivity contribution is 7.80. The number of nitrogens with zero attached hydrogens (tertiary/aromatic N) is 1. The minimum atomic E-state index is -0.208. The van der Waals surface area contributed by atoms with E-state index in [1.165, 1.54) is 5.56 Å². The predicted octanol–water partition coefficient (Wildman–Crippen LogP) is 6.33. The van der Waals surface area contributed by atoms with E-state index in [1.54, 1.807) is 12.1 Å². The molecule has 0 saturated heterocycles. The highest BCUT2D eigenvalue weighted by Crippen LogP contribution is 2.28. The van der Waals surface area contributed by atoms with Gasteiger partial charge in [-0.25, -0.2) is 4.98 Å². The lowest BCUT2D eigenvalue weighted by atomic mass is 10.0. The van der Waals surface area contributed by atoms with E-state index in [9.17, 15) is 4.79 Å². The molecule has 0 fully saturated rings. The Morgan fingerprint density at radius 3 is 2.62 bits per heavy atom. The second-order valence-electron chi connectivity index (χ2n) is 7.79. The molecule has 1 heterocycles. The van der Waals surface area contributed by atoms with E-state index >= 15 is 0 Å². The fourth-order valence-electron chi connectivity index (χ4n) is 3.28. The zero-order valence-corrected chi connectivity index (χ0v) is 19.3. The average molecular weight is 464 g/mol. The molecule has 0 aliphatic rings. The molecule has 0 saturated carbocycles. The molecule has 2 N–H and O–H groups in total. The van der Waals surface area contributed by atoms with Crippen LogP contribution in [0, 0.1) is 0 Å². The van der Waals surface area contributed by atoms with Crippen molar-refractivity contribution < 1.29 is 9.21 Å². The topological polar surface area (TPSA) is 67.2 Å². The number of thiocarbonyl (C=S) groups is 1. The predicted molar refractivity (Wildman–Crippen MR) is 133 cm³/mol. The van der Waals surface area contributed by atoms with Gasteiger partial charge in [0.1, 0.15) is 5.52 Å². The number of fused-ring (bicyclic) bond motifs is 1. The van der Waals surface area contributed by atoms with Gasteiger partial charge in [0, 0.05) is 16.3 Å². The van der Waals surface area contributed by atoms with Crippen LogP contribution in [-0.2, 0) is 11.2 Å². The molecule has 0 unspecified atom stereocenters. The fourth-order valence-corrected chi connectivity index (χ4v) is 3.64. The molecular formula is C25H22ClN3O2S. The number of amides is 1. The third-order valence-electron chi connectivity index (χ3n) is 4.98. The zero-order chi connectivity index (χ0) is 22.7. The van der Waals surface area contributed by atoms with Crippen LogP contribution in [0.4, 0.5) is 5.69 Å². The van der Waals surface area contributed by atoms with Crippen LogP contribution < -0.4 is 10.6 Å². The molecule has 4 rings (SSSR count). The summed E-state index contributed by atoms with van der Waals surface area (Å²) in [5, 5.41) is 6.60. The van der Waals surface area contributed by atoms with Gasteiger partial charge in [0.25, 0.3) is 0 Å². The van der Waals surface area contributed by atoms with Crippen LogP contribution in [0.1, 0.15) is 30.9 Å². The summed E-state index contributed by atoms with van der Waals surface area (Å²) in [5.41, 5.74) is 5.18. The first-order valence-corrected chi connectivity index (χ1v) is 11.0. The van der Waals surface area contributed by atoms with E-state index in [1.807, 2.05) is 42.5 Å². The molecule has 0 radical (unpaired) electrons. The number of rotatable bonds is 5. The number of anilines is 1. The lowest BCUT2D eigenvalue weighted by Gasteiger charge is -2.10. The summed E-state index contributed by atoms with van der Waals surface area (Å²) in [6.07, 6.45) is 0.209. The van der Waals surface area contributed by atoms with Crippen molar-refractivity contribution in [3.05, 3.63) is 82.9 Å². The van der Waals surface area contributed by atoms with Crippen molar-refractivity contribution in [2.24, 2.45) is 0 Å². The molecule has 32 heavy (non-hydrogen) atoms. The van der Waals surface area contributed by atoms with Gasteiger partial charge in [-0.2, -0.15) is 0 Å². The van der Waals surface area contributed by atoms with Gasteiger partial charge in [-0.15, -0.1) is 0 Å². The first-order valence-electron chi connectivity index (χ1n) is 10.2. The van der Waals surface area contributed by atoms with E-state index in [2.05, 4.69) is 41.6 Å². The lowest BCUT2D eigenvalue weighted by Crippen LogP contribution is -2.35. The largest absolute Gasteiger partial charge is 0.436 e. The summed E-state index contributed by atoms with van der Waals surface area (Å²) in [6.45, 7) is 4.29. The minimum Gasteiger partial charge on any atom is -0.436 e. The number of hydrogen-bond donors (Lipinski definition) is 2. The Kier molecular flexibility index (Phi) is 6.53. The highest BCUT2D eigenvalue weighted by atomic mass is 35.5. The summed E-state index contributed by atoms with van der Waals surface area (Å²) in [5.74, 6) is 0.742. The van der Waals surface area contributed by atoms with Gasteiger partial charge >= 0.3 is 0 Å². The number of carbonyl (C=O) groups is 1. The molecule has 0 bridgehead atoms. The molecule has 0 spiro atoms. The maximum Gasteiger partial charge on any atom is 0.230 e. The van der Waals surface area contributed by atoms with E-state index in [0.29, 0.717) is 16.8 Å². The summed E-state index contributed by atoms with van der Waals surface area (Å²) < 4.78 is 5.94. The molecule has 3 aromatic carbocycles. The molecule has 4 aromatic rings. The molecule has 0 atom stereocenters. The normalized spacial score (nSPS) is 11.0. The van der Waals surface area contributed by atoms with Crippen molar-refractivity contribution in [2.75, 3.05) is 5.32 Å². The van der Waals surface area contributed by atoms with E-state index in [0.717, 1.165) is 27.9 Å². The zero-order valence-electron chi connectivity index (χ0n) is 17.7. The number of oxazole rings is 1. The molecule has 0 aliphatic carbocycles. The number of carbonyl (C=O) groups excluding carboxylic acids is 1. The Morgan fingerprint density at radius 2 is 1.88 bits per heavy atom. The minimum absolute atomic E-state index is 0.208. The number of aromatic nitrogens is 1. The van der Waals surface area contributed by atoms with Crippen LogP contribution in [0.2, 0.25) is 5.02 Å². The second-order valence-corrected chi connectivity index (χ2v) is 8.63. The average Bonchev–Trinajstić information content (AvgIpc) is 3.19. The number of halogens is 1. The summed E-state index contributed by atoms with van der Waals surface area (Å²) in [7, 11) is 0. The number of hydrogen-bond acceptors (Lipinski definition) is 4. The third kappa shape index (κ3) is 5.33. The maximum atomic E-state index is 12.3. The standard InChI is InChI=1S/C25H22ClN3O2S/c1-15(2)17-8-11-22-21(14-17)28-24(31-22)18-4-3-5-20(13-18)27-25(32)29-23(30)12-16-6-9-19(26)10-7-16/h3-11,13-15H,12H2,1-2H3,(H2,27,29,30,32). The van der Waals surface area contributed by atoms with Crippen molar-refractivity contribution in [3.8, 4) is 11.5 Å². The highest BCUT2D eigenvalue weighted by Gasteiger charge is 2.12. The fraction of sp³-hybridized carbons (Fsp3) is 0.160. The van der Waals surface area contributed by atoms with E-state index in [-0.39, 0.29) is 17.4 Å². The SMILES string of the molecule is CC(C)c1ccc2oc(-c3cccc(NC(=S)NC(=O)Cc4ccc(Cl)cc4)c3)nc2c1. The van der Waals surface area contributed by atoms with Crippen molar-refractivity contribution in [3.63, 3.8) is 0 Å². The first-order chi connectivity index (χ1) is 15.4. The third-order valence-corrected chi connectivity index (χ3v) is 5.43. The van der Waals surface area contributed by atoms with Crippen molar-refractivity contribution in [1.82, 2.24) is 10.3 Å². The summed E-state index contributed by atoms with van der Waals surface area (Å²) >= 11 is 11.2. The van der Waals surface area contributed by atoms with Crippen LogP contribution >= 0.6 is 23.8 Å². The van der Waals surface area contributed by atoms with Crippen LogP contribution in [0.5, 0.6) is 0 Å². The molecule has 1 amide bonds. The molecule has 162 valence electrons. The Hall–Kier alpha value is -3.22. The van der Waals surface area contributed by atoms with Crippen molar-refractivity contribution in [1.29, 1.82) is 0 Å². The maximum absolute atomic E-state index is 12.3. The molecular weight excluding hydrogens is 442 g/mol. The van der Waals surface area contributed by atoms with Crippen molar-refractivity contribution >= 4 is 51.6 Å². The van der Waals surface area contributed by atoms with Gasteiger partial charge in [-0.05, 0) is 71.7 Å². The Labute approximate surface area is 196 Å². The second kappa shape index (κ2) is 9.51. The molecule has 0 aliphatic heterocycles. The number of nitrogens with one attached hydrogen (secondary N) is 2. The molecule has 5 nitrogen and oxygen atoms in total. The molecule has 1 aromatic heterocycles. The smallest absolute Gasteiger partial charge is 0.230 e. The number of benzene rings is 3. The van der Waals surface area contributed by atoms with E-state index in [4.69, 9.17) is 28.2 Å². The van der Waals surface area contributed by atoms with Crippen LogP contribution in [0.15, 0.2) is 71.1 Å². The van der Waals surface area contributed by atoms with Crippen LogP contribution in [0.3, 0.4) is 0 Å². The quantitative estimate of drug-likeness (QED) is 0.338. The monoisotopic (exact) mass is 463 g/mol. The summed E-state index contributed by atoms with van der Waals surface area (Å²) in [6, 6.07) is 20.7. The Bertz CT molecular complexity index is 1280. The first kappa shape index (κ1) is 22.0. The van der Waals surface area contributed by atoms with Gasteiger partial charge in [-0.3, -0.25) is 4.79 Å². The summed E-state index contributed by atoms with van der Waals surface area (Å²) in [4.78, 5) is 16.9. The van der Waals surface area contributed by atoms with Gasteiger partial charge in [0.15, 0.2) is 10.7 Å². The van der Waals surface area contributed by atoms with E-state index < -0.39 is 0 Å². The lowest BCUT2D eigenvalue weighted by molar-refractivity contribution is -0.119. The van der Waals surface area contributed by atoms with Gasteiger partial charge in [0.2, 0.25) is 11.8 Å².